The molecule has 0 saturated carbocycles. The van der Waals surface area contributed by atoms with Gasteiger partial charge < -0.3 is 16.2 Å². The van der Waals surface area contributed by atoms with E-state index in [1.165, 1.54) is 42.5 Å². The zero-order valence-corrected chi connectivity index (χ0v) is 17.0. The number of H-pyrrole nitrogens is 1. The Bertz CT molecular complexity index is 1440. The molecule has 5 N–H and O–H groups in total. The van der Waals surface area contributed by atoms with Crippen molar-refractivity contribution in [3.63, 3.8) is 0 Å². The fourth-order valence-electron chi connectivity index (χ4n) is 3.36. The van der Waals surface area contributed by atoms with Gasteiger partial charge in [0.2, 0.25) is 0 Å². The fourth-order valence-corrected chi connectivity index (χ4v) is 3.36. The molecule has 4 heterocycles. The van der Waals surface area contributed by atoms with Crippen molar-refractivity contribution in [3.05, 3.63) is 93.0 Å². The lowest BCUT2D eigenvalue weighted by Crippen LogP contribution is -2.26. The Balaban J connectivity index is 2.62. The van der Waals surface area contributed by atoms with Crippen LogP contribution in [0.5, 0.6) is 0 Å². The van der Waals surface area contributed by atoms with Crippen molar-refractivity contribution in [1.82, 2.24) is 10.3 Å². The van der Waals surface area contributed by atoms with Gasteiger partial charge in [0, 0.05) is 12.1 Å². The molecule has 0 aliphatic heterocycles. The van der Waals surface area contributed by atoms with Gasteiger partial charge in [-0.2, -0.15) is 0 Å². The Labute approximate surface area is 181 Å². The molecule has 0 fully saturated rings. The number of nitrogens with one attached hydrogen (secondary N) is 2. The number of aromatic amines is 1. The number of carbonyl (C=O) groups is 2. The van der Waals surface area contributed by atoms with Crippen LogP contribution in [0.15, 0.2) is 70.2 Å². The lowest BCUT2D eigenvalue weighted by Gasteiger charge is -2.10. The summed E-state index contributed by atoms with van der Waals surface area (Å²) in [5.74, 6) is -2.13. The number of carboxylic acids is 1. The van der Waals surface area contributed by atoms with Gasteiger partial charge in [0.15, 0.2) is 0 Å². The van der Waals surface area contributed by atoms with Crippen LogP contribution in [0.25, 0.3) is 21.5 Å². The summed E-state index contributed by atoms with van der Waals surface area (Å²) < 4.78 is 0. The summed E-state index contributed by atoms with van der Waals surface area (Å²) in [5.41, 5.74) is 3.93. The van der Waals surface area contributed by atoms with E-state index in [9.17, 15) is 24.3 Å². The molecule has 32 heavy (non-hydrogen) atoms. The number of hydrogen-bond acceptors (Lipinski definition) is 5. The lowest BCUT2D eigenvalue weighted by atomic mass is 9.96. The Morgan fingerprint density at radius 3 is 2.34 bits per heavy atom. The molecule has 0 aliphatic rings. The van der Waals surface area contributed by atoms with E-state index in [1.54, 1.807) is 0 Å². The first-order valence-electron chi connectivity index (χ1n) is 9.50. The predicted octanol–water partition coefficient (Wildman–Crippen LogP) is 1.55. The molecule has 162 valence electrons. The van der Waals surface area contributed by atoms with Gasteiger partial charge in [0.1, 0.15) is 5.84 Å². The average molecular weight is 432 g/mol. The van der Waals surface area contributed by atoms with Gasteiger partial charge in [-0.05, 0) is 29.0 Å². The minimum atomic E-state index is -1.35. The molecule has 0 saturated heterocycles. The number of carbonyl (C=O) groups excluding carboxylic acids is 1. The van der Waals surface area contributed by atoms with Crippen LogP contribution in [0.4, 0.5) is 0 Å². The summed E-state index contributed by atoms with van der Waals surface area (Å²) in [4.78, 5) is 56.9. The number of carboxylic acid groups (broad SMARTS) is 1. The lowest BCUT2D eigenvalue weighted by molar-refractivity contribution is 0.0698. The zero-order chi connectivity index (χ0) is 23.4. The van der Waals surface area contributed by atoms with E-state index in [0.717, 1.165) is 0 Å². The van der Waals surface area contributed by atoms with Crippen LogP contribution in [-0.4, -0.2) is 40.9 Å². The predicted molar refractivity (Wildman–Crippen MR) is 124 cm³/mol. The van der Waals surface area contributed by atoms with E-state index < -0.39 is 23.0 Å². The number of aromatic carboxylic acids is 1. The summed E-state index contributed by atoms with van der Waals surface area (Å²) in [5, 5.41) is 13.0. The molecule has 9 nitrogen and oxygen atoms in total. The zero-order valence-electron chi connectivity index (χ0n) is 17.0. The minimum Gasteiger partial charge on any atom is -0.478 e. The third-order valence-electron chi connectivity index (χ3n) is 4.76. The van der Waals surface area contributed by atoms with Gasteiger partial charge in [-0.1, -0.05) is 24.3 Å². The van der Waals surface area contributed by atoms with Crippen LogP contribution >= 0.6 is 0 Å². The van der Waals surface area contributed by atoms with Crippen molar-refractivity contribution < 1.29 is 14.7 Å². The number of benzene rings is 2. The van der Waals surface area contributed by atoms with Crippen LogP contribution in [0, 0.1) is 0 Å². The van der Waals surface area contributed by atoms with Gasteiger partial charge in [-0.15, -0.1) is 13.2 Å². The van der Waals surface area contributed by atoms with Crippen LogP contribution in [0.1, 0.15) is 26.3 Å². The van der Waals surface area contributed by atoms with E-state index in [4.69, 9.17) is 5.73 Å². The molecule has 9 heteroatoms. The first-order valence-corrected chi connectivity index (χ1v) is 9.50. The number of amidine groups is 1. The first-order chi connectivity index (χ1) is 15.3. The van der Waals surface area contributed by atoms with Gasteiger partial charge >= 0.3 is 5.97 Å². The molecule has 0 atom stereocenters. The maximum absolute atomic E-state index is 12.9. The molecule has 0 unspecified atom stereocenters. The molecule has 4 aromatic heterocycles. The highest BCUT2D eigenvalue weighted by molar-refractivity contribution is 6.18. The maximum Gasteiger partial charge on any atom is 0.337 e. The minimum absolute atomic E-state index is 0.0227. The number of amides is 1. The quantitative estimate of drug-likeness (QED) is 0.252. The Morgan fingerprint density at radius 2 is 1.69 bits per heavy atom. The van der Waals surface area contributed by atoms with Crippen LogP contribution < -0.4 is 22.2 Å². The second-order valence-electron chi connectivity index (χ2n) is 6.77. The number of nitrogens with two attached hydrogens (primary N) is 1. The van der Waals surface area contributed by atoms with E-state index in [-0.39, 0.29) is 51.8 Å². The smallest absolute Gasteiger partial charge is 0.337 e. The molecule has 1 amide bonds. The van der Waals surface area contributed by atoms with Crippen molar-refractivity contribution in [1.29, 1.82) is 0 Å². The number of nitrogens with zero attached hydrogens (tertiary/aromatic N) is 1. The second kappa shape index (κ2) is 9.09. The van der Waals surface area contributed by atoms with Crippen LogP contribution in [0.2, 0.25) is 0 Å². The van der Waals surface area contributed by atoms with Crippen molar-refractivity contribution in [2.45, 2.75) is 0 Å². The second-order valence-corrected chi connectivity index (χ2v) is 6.77. The highest BCUT2D eigenvalue weighted by Gasteiger charge is 2.21. The molecule has 6 aromatic rings. The third-order valence-corrected chi connectivity index (χ3v) is 4.76. The average Bonchev–Trinajstić information content (AvgIpc) is 2.83. The molecular weight excluding hydrogens is 412 g/mol. The largest absolute Gasteiger partial charge is 0.478 e. The number of aromatic nitrogens is 1. The molecule has 6 rings (SSSR count). The Kier molecular flexibility index (Phi) is 6.29. The summed E-state index contributed by atoms with van der Waals surface area (Å²) in [6.07, 6.45) is 2.93. The SMILES string of the molecule is C=CCN=C(N)c1c(C(=O)O)c2ccc1c(=O)[nH]c(=O)c1ccc2cc1C(=O)NCC=C. The van der Waals surface area contributed by atoms with Crippen LogP contribution in [0.3, 0.4) is 0 Å². The molecule has 0 radical (unpaired) electrons. The fraction of sp³-hybridized carbons (Fsp3) is 0.0870. The molecule has 2 aromatic carbocycles. The molecular formula is C23H20N4O5. The number of aliphatic imine (C=N–C) groups is 1. The van der Waals surface area contributed by atoms with Crippen molar-refractivity contribution in [2.75, 3.05) is 13.1 Å². The summed E-state index contributed by atoms with van der Waals surface area (Å²) in [6.45, 7) is 7.32. The van der Waals surface area contributed by atoms with Crippen molar-refractivity contribution >= 4 is 39.3 Å². The summed E-state index contributed by atoms with van der Waals surface area (Å²) >= 11 is 0. The molecule has 4 bridgehead atoms. The topological polar surface area (TPSA) is 155 Å². The number of hydrogen-bond donors (Lipinski definition) is 4. The summed E-state index contributed by atoms with van der Waals surface area (Å²) in [7, 11) is 0. The number of rotatable bonds is 7. The molecule has 0 spiro atoms. The normalized spacial score (nSPS) is 11.3. The maximum atomic E-state index is 12.9. The van der Waals surface area contributed by atoms with Crippen molar-refractivity contribution in [2.24, 2.45) is 10.7 Å². The van der Waals surface area contributed by atoms with Gasteiger partial charge in [0.05, 0.1) is 28.4 Å². The highest BCUT2D eigenvalue weighted by Crippen LogP contribution is 2.25. The molecule has 0 aliphatic carbocycles. The van der Waals surface area contributed by atoms with Crippen molar-refractivity contribution in [3.8, 4) is 0 Å². The van der Waals surface area contributed by atoms with Gasteiger partial charge in [-0.25, -0.2) is 4.79 Å². The van der Waals surface area contributed by atoms with E-state index in [2.05, 4.69) is 28.5 Å². The van der Waals surface area contributed by atoms with Crippen LogP contribution in [-0.2, 0) is 0 Å². The van der Waals surface area contributed by atoms with E-state index in [1.807, 2.05) is 0 Å². The monoisotopic (exact) mass is 432 g/mol. The van der Waals surface area contributed by atoms with Gasteiger partial charge in [-0.3, -0.25) is 24.4 Å². The third kappa shape index (κ3) is 4.04. The Hall–Kier alpha value is -4.53. The standard InChI is InChI=1S/C23H20N4O5/c1-3-9-25-19(24)17-15-8-7-13(18(17)23(31)32)12-5-6-14(21(29)27-22(15)30)16(11-12)20(28)26-10-4-2/h3-8,11H,1-2,9-10H2,(H2,24,25)(H,26,28)(H,31,32)(H,27,29,30). The highest BCUT2D eigenvalue weighted by atomic mass is 16.4. The van der Waals surface area contributed by atoms with E-state index in [0.29, 0.717) is 5.39 Å². The van der Waals surface area contributed by atoms with E-state index >= 15 is 0 Å². The van der Waals surface area contributed by atoms with Gasteiger partial charge in [0.25, 0.3) is 17.0 Å². The Morgan fingerprint density at radius 1 is 1.03 bits per heavy atom. The first kappa shape index (κ1) is 22.2. The summed E-state index contributed by atoms with van der Waals surface area (Å²) in [6, 6.07) is 7.05.